The standard InChI is InChI=1S/C24H37N3O5/c1-23(2,3)32-22(30)26-20(17-28)21(29)25-19-9-11-24(12-10-19,18-7-5-4-6-8-18)27-13-15-31-16-14-27/h4-8,19-20,28H,9-17H2,1-3H3,(H,25,29)(H,26,30). The number of nitrogens with one attached hydrogen (secondary N) is 2. The summed E-state index contributed by atoms with van der Waals surface area (Å²) in [6.45, 7) is 8.03. The third-order valence-electron chi connectivity index (χ3n) is 6.28. The van der Waals surface area contributed by atoms with Gasteiger partial charge in [0.15, 0.2) is 0 Å². The predicted molar refractivity (Wildman–Crippen MR) is 121 cm³/mol. The first-order valence-corrected chi connectivity index (χ1v) is 11.5. The normalized spacial score (nSPS) is 25.6. The lowest BCUT2D eigenvalue weighted by atomic mass is 9.73. The van der Waals surface area contributed by atoms with Crippen LogP contribution in [0.15, 0.2) is 30.3 Å². The van der Waals surface area contributed by atoms with Crippen LogP contribution in [0.5, 0.6) is 0 Å². The van der Waals surface area contributed by atoms with Gasteiger partial charge in [0.25, 0.3) is 0 Å². The molecule has 1 aliphatic carbocycles. The van der Waals surface area contributed by atoms with Gasteiger partial charge in [-0.25, -0.2) is 4.79 Å². The number of morpholine rings is 1. The van der Waals surface area contributed by atoms with E-state index in [1.165, 1.54) is 5.56 Å². The Morgan fingerprint density at radius 2 is 1.81 bits per heavy atom. The van der Waals surface area contributed by atoms with E-state index in [1.54, 1.807) is 20.8 Å². The van der Waals surface area contributed by atoms with Gasteiger partial charge in [-0.05, 0) is 52.0 Å². The molecule has 3 rings (SSSR count). The van der Waals surface area contributed by atoms with Crippen LogP contribution in [-0.4, -0.2) is 72.6 Å². The lowest BCUT2D eigenvalue weighted by Crippen LogP contribution is -2.56. The van der Waals surface area contributed by atoms with Crippen molar-refractivity contribution in [2.24, 2.45) is 0 Å². The van der Waals surface area contributed by atoms with Crippen LogP contribution in [0.1, 0.15) is 52.0 Å². The summed E-state index contributed by atoms with van der Waals surface area (Å²) >= 11 is 0. The maximum absolute atomic E-state index is 12.7. The molecule has 8 heteroatoms. The van der Waals surface area contributed by atoms with Gasteiger partial charge in [-0.2, -0.15) is 0 Å². The molecule has 2 aliphatic rings. The van der Waals surface area contributed by atoms with Crippen molar-refractivity contribution in [2.45, 2.75) is 69.7 Å². The van der Waals surface area contributed by atoms with E-state index in [9.17, 15) is 14.7 Å². The SMILES string of the molecule is CC(C)(C)OC(=O)NC(CO)C(=O)NC1CCC(c2ccccc2)(N2CCOCC2)CC1. The number of amides is 2. The summed E-state index contributed by atoms with van der Waals surface area (Å²) in [5.74, 6) is -0.387. The molecule has 1 heterocycles. The molecule has 1 aromatic carbocycles. The Hall–Kier alpha value is -2.16. The largest absolute Gasteiger partial charge is 0.444 e. The lowest BCUT2D eigenvalue weighted by molar-refractivity contribution is -0.125. The topological polar surface area (TPSA) is 100 Å². The van der Waals surface area contributed by atoms with Gasteiger partial charge in [-0.3, -0.25) is 9.69 Å². The maximum atomic E-state index is 12.7. The second kappa shape index (κ2) is 10.6. The highest BCUT2D eigenvalue weighted by atomic mass is 16.6. The summed E-state index contributed by atoms with van der Waals surface area (Å²) in [6, 6.07) is 9.55. The Labute approximate surface area is 190 Å². The Kier molecular flexibility index (Phi) is 8.14. The molecule has 1 aliphatic heterocycles. The van der Waals surface area contributed by atoms with Crippen LogP contribution in [0.4, 0.5) is 4.79 Å². The molecule has 2 amide bonds. The summed E-state index contributed by atoms with van der Waals surface area (Å²) in [4.78, 5) is 27.2. The number of benzene rings is 1. The van der Waals surface area contributed by atoms with E-state index in [2.05, 4.69) is 39.8 Å². The molecule has 32 heavy (non-hydrogen) atoms. The number of carbonyl (C=O) groups is 2. The van der Waals surface area contributed by atoms with Gasteiger partial charge in [-0.15, -0.1) is 0 Å². The molecule has 1 unspecified atom stereocenters. The third-order valence-corrected chi connectivity index (χ3v) is 6.28. The van der Waals surface area contributed by atoms with Crippen LogP contribution in [0.3, 0.4) is 0 Å². The van der Waals surface area contributed by atoms with Gasteiger partial charge >= 0.3 is 6.09 Å². The molecule has 1 atom stereocenters. The molecular formula is C24H37N3O5. The fourth-order valence-electron chi connectivity index (χ4n) is 4.71. The Bertz CT molecular complexity index is 751. The van der Waals surface area contributed by atoms with E-state index in [1.807, 2.05) is 6.07 Å². The van der Waals surface area contributed by atoms with Crippen LogP contribution in [-0.2, 0) is 19.8 Å². The monoisotopic (exact) mass is 447 g/mol. The molecule has 1 saturated carbocycles. The van der Waals surface area contributed by atoms with Gasteiger partial charge < -0.3 is 25.2 Å². The molecule has 2 fully saturated rings. The van der Waals surface area contributed by atoms with Gasteiger partial charge in [-0.1, -0.05) is 30.3 Å². The highest BCUT2D eigenvalue weighted by Crippen LogP contribution is 2.42. The number of hydrogen-bond donors (Lipinski definition) is 3. The minimum atomic E-state index is -1.04. The van der Waals surface area contributed by atoms with E-state index in [-0.39, 0.29) is 17.5 Å². The van der Waals surface area contributed by atoms with Crippen LogP contribution in [0.25, 0.3) is 0 Å². The van der Waals surface area contributed by atoms with Gasteiger partial charge in [0.2, 0.25) is 5.91 Å². The zero-order chi connectivity index (χ0) is 23.2. The number of aliphatic hydroxyl groups is 1. The predicted octanol–water partition coefficient (Wildman–Crippen LogP) is 2.16. The summed E-state index contributed by atoms with van der Waals surface area (Å²) in [7, 11) is 0. The minimum absolute atomic E-state index is 0.00476. The van der Waals surface area contributed by atoms with Gasteiger partial charge in [0, 0.05) is 24.7 Å². The summed E-state index contributed by atoms with van der Waals surface area (Å²) in [5, 5.41) is 15.1. The van der Waals surface area contributed by atoms with Crippen molar-refractivity contribution in [3.8, 4) is 0 Å². The van der Waals surface area contributed by atoms with Crippen LogP contribution in [0, 0.1) is 0 Å². The second-order valence-corrected chi connectivity index (χ2v) is 9.66. The van der Waals surface area contributed by atoms with E-state index < -0.39 is 24.3 Å². The fourth-order valence-corrected chi connectivity index (χ4v) is 4.71. The van der Waals surface area contributed by atoms with Gasteiger partial charge in [0.1, 0.15) is 11.6 Å². The average Bonchev–Trinajstić information content (AvgIpc) is 2.78. The van der Waals surface area contributed by atoms with Crippen molar-refractivity contribution in [3.05, 3.63) is 35.9 Å². The number of alkyl carbamates (subject to hydrolysis) is 1. The zero-order valence-electron chi connectivity index (χ0n) is 19.4. The molecule has 0 aromatic heterocycles. The zero-order valence-corrected chi connectivity index (χ0v) is 19.4. The number of rotatable bonds is 6. The van der Waals surface area contributed by atoms with Crippen molar-refractivity contribution in [1.82, 2.24) is 15.5 Å². The first-order valence-electron chi connectivity index (χ1n) is 11.5. The van der Waals surface area contributed by atoms with Crippen molar-refractivity contribution in [3.63, 3.8) is 0 Å². The van der Waals surface area contributed by atoms with Gasteiger partial charge in [0.05, 0.1) is 19.8 Å². The summed E-state index contributed by atoms with van der Waals surface area (Å²) < 4.78 is 10.8. The highest BCUT2D eigenvalue weighted by molar-refractivity contribution is 5.86. The third kappa shape index (κ3) is 6.21. The van der Waals surface area contributed by atoms with Crippen LogP contribution in [0.2, 0.25) is 0 Å². The van der Waals surface area contributed by atoms with Crippen LogP contribution < -0.4 is 10.6 Å². The van der Waals surface area contributed by atoms with Crippen molar-refractivity contribution < 1.29 is 24.2 Å². The molecule has 0 radical (unpaired) electrons. The maximum Gasteiger partial charge on any atom is 0.408 e. The number of hydrogen-bond acceptors (Lipinski definition) is 6. The smallest absolute Gasteiger partial charge is 0.408 e. The number of ether oxygens (including phenoxy) is 2. The van der Waals surface area contributed by atoms with Crippen molar-refractivity contribution in [2.75, 3.05) is 32.9 Å². The summed E-state index contributed by atoms with van der Waals surface area (Å²) in [5.41, 5.74) is 0.577. The Morgan fingerprint density at radius 3 is 2.38 bits per heavy atom. The molecule has 8 nitrogen and oxygen atoms in total. The number of nitrogens with zero attached hydrogens (tertiary/aromatic N) is 1. The van der Waals surface area contributed by atoms with Crippen molar-refractivity contribution in [1.29, 1.82) is 0 Å². The molecule has 1 aromatic rings. The minimum Gasteiger partial charge on any atom is -0.444 e. The average molecular weight is 448 g/mol. The van der Waals surface area contributed by atoms with E-state index in [0.29, 0.717) is 0 Å². The van der Waals surface area contributed by atoms with E-state index in [4.69, 9.17) is 9.47 Å². The summed E-state index contributed by atoms with van der Waals surface area (Å²) in [6.07, 6.45) is 2.77. The quantitative estimate of drug-likeness (QED) is 0.618. The number of carbonyl (C=O) groups excluding carboxylic acids is 2. The van der Waals surface area contributed by atoms with Crippen molar-refractivity contribution >= 4 is 12.0 Å². The first kappa shape index (κ1) is 24.5. The molecular weight excluding hydrogens is 410 g/mol. The molecule has 178 valence electrons. The first-order chi connectivity index (χ1) is 15.2. The molecule has 3 N–H and O–H groups in total. The van der Waals surface area contributed by atoms with E-state index in [0.717, 1.165) is 52.0 Å². The molecule has 0 spiro atoms. The molecule has 1 saturated heterocycles. The molecule has 0 bridgehead atoms. The second-order valence-electron chi connectivity index (χ2n) is 9.66. The lowest BCUT2D eigenvalue weighted by Gasteiger charge is -2.50. The number of aliphatic hydroxyl groups excluding tert-OH is 1. The fraction of sp³-hybridized carbons (Fsp3) is 0.667. The van der Waals surface area contributed by atoms with Crippen LogP contribution >= 0.6 is 0 Å². The Balaban J connectivity index is 1.61. The highest BCUT2D eigenvalue weighted by Gasteiger charge is 2.42. The van der Waals surface area contributed by atoms with E-state index >= 15 is 0 Å². The Morgan fingerprint density at radius 1 is 1.19 bits per heavy atom.